The molecule has 0 bridgehead atoms. The van der Waals surface area contributed by atoms with Gasteiger partial charge in [-0.15, -0.1) is 0 Å². The highest BCUT2D eigenvalue weighted by Crippen LogP contribution is 2.21. The molecule has 140 valence electrons. The lowest BCUT2D eigenvalue weighted by atomic mass is 10.0. The van der Waals surface area contributed by atoms with E-state index in [0.717, 1.165) is 5.56 Å². The number of para-hydroxylation sites is 1. The molecule has 0 radical (unpaired) electrons. The van der Waals surface area contributed by atoms with Crippen LogP contribution in [0.1, 0.15) is 25.8 Å². The van der Waals surface area contributed by atoms with Gasteiger partial charge in [0.25, 0.3) is 0 Å². The highest BCUT2D eigenvalue weighted by molar-refractivity contribution is 6.33. The maximum absolute atomic E-state index is 12.3. The van der Waals surface area contributed by atoms with Crippen molar-refractivity contribution in [1.29, 1.82) is 0 Å². The highest BCUT2D eigenvalue weighted by Gasteiger charge is 2.22. The number of carbonyl (C=O) groups excluding carboxylic acids is 1. The average molecular weight is 375 g/mol. The first-order chi connectivity index (χ1) is 12.5. The van der Waals surface area contributed by atoms with Crippen molar-refractivity contribution in [3.63, 3.8) is 0 Å². The Labute approximate surface area is 160 Å². The number of benzene rings is 2. The Morgan fingerprint density at radius 1 is 1.12 bits per heavy atom. The number of amides is 1. The normalized spacial score (nSPS) is 12.4. The topological polar surface area (TPSA) is 52.6 Å². The maximum Gasteiger partial charge on any atom is 0.225 e. The summed E-state index contributed by atoms with van der Waals surface area (Å²) in [5.74, 6) is 0.201. The first-order valence-corrected chi connectivity index (χ1v) is 9.32. The van der Waals surface area contributed by atoms with Crippen molar-refractivity contribution in [1.82, 2.24) is 4.90 Å². The summed E-state index contributed by atoms with van der Waals surface area (Å²) in [6.45, 7) is 5.50. The molecular weight excluding hydrogens is 348 g/mol. The van der Waals surface area contributed by atoms with Gasteiger partial charge in [0.15, 0.2) is 0 Å². The molecule has 0 saturated carbocycles. The lowest BCUT2D eigenvalue weighted by Crippen LogP contribution is -2.42. The van der Waals surface area contributed by atoms with Gasteiger partial charge in [0, 0.05) is 25.6 Å². The maximum atomic E-state index is 12.3. The molecular formula is C21H27ClN2O2. The van der Waals surface area contributed by atoms with Crippen LogP contribution in [-0.2, 0) is 11.3 Å². The molecule has 1 atom stereocenters. The predicted molar refractivity (Wildman–Crippen MR) is 107 cm³/mol. The molecule has 0 aliphatic rings. The van der Waals surface area contributed by atoms with Gasteiger partial charge in [-0.1, -0.05) is 67.9 Å². The summed E-state index contributed by atoms with van der Waals surface area (Å²) in [5, 5.41) is 13.2. The van der Waals surface area contributed by atoms with E-state index in [1.165, 1.54) is 0 Å². The fraction of sp³-hybridized carbons (Fsp3) is 0.381. The second-order valence-corrected chi connectivity index (χ2v) is 7.14. The molecule has 0 fully saturated rings. The Morgan fingerprint density at radius 2 is 1.77 bits per heavy atom. The summed E-state index contributed by atoms with van der Waals surface area (Å²) in [6.07, 6.45) is 0.335. The van der Waals surface area contributed by atoms with Crippen LogP contribution in [0.15, 0.2) is 54.6 Å². The zero-order valence-corrected chi connectivity index (χ0v) is 16.1. The second kappa shape index (κ2) is 10.3. The van der Waals surface area contributed by atoms with Gasteiger partial charge in [0.05, 0.1) is 17.3 Å². The molecule has 2 aromatic rings. The minimum atomic E-state index is -0.0865. The van der Waals surface area contributed by atoms with Crippen LogP contribution < -0.4 is 5.32 Å². The summed E-state index contributed by atoms with van der Waals surface area (Å²) in [6, 6.07) is 17.3. The molecule has 2 rings (SSSR count). The fourth-order valence-electron chi connectivity index (χ4n) is 2.95. The monoisotopic (exact) mass is 374 g/mol. The van der Waals surface area contributed by atoms with Crippen LogP contribution in [0.25, 0.3) is 0 Å². The van der Waals surface area contributed by atoms with E-state index >= 15 is 0 Å². The number of carbonyl (C=O) groups is 1. The number of hydrogen-bond acceptors (Lipinski definition) is 3. The van der Waals surface area contributed by atoms with Gasteiger partial charge < -0.3 is 10.4 Å². The van der Waals surface area contributed by atoms with Crippen molar-refractivity contribution < 1.29 is 9.90 Å². The summed E-state index contributed by atoms with van der Waals surface area (Å²) < 4.78 is 0. The van der Waals surface area contributed by atoms with Gasteiger partial charge in [-0.05, 0) is 23.6 Å². The van der Waals surface area contributed by atoms with Crippen molar-refractivity contribution in [3.8, 4) is 0 Å². The molecule has 0 aromatic heterocycles. The van der Waals surface area contributed by atoms with E-state index in [0.29, 0.717) is 30.2 Å². The third-order valence-electron chi connectivity index (χ3n) is 4.43. The average Bonchev–Trinajstić information content (AvgIpc) is 2.62. The van der Waals surface area contributed by atoms with Gasteiger partial charge in [0.2, 0.25) is 5.91 Å². The number of halogens is 1. The number of nitrogens with one attached hydrogen (secondary N) is 1. The number of hydrogen-bond donors (Lipinski definition) is 2. The molecule has 0 aliphatic carbocycles. The number of nitrogens with zero attached hydrogens (tertiary/aromatic N) is 1. The van der Waals surface area contributed by atoms with Crippen LogP contribution in [0, 0.1) is 5.92 Å². The quantitative estimate of drug-likeness (QED) is 0.692. The summed E-state index contributed by atoms with van der Waals surface area (Å²) in [7, 11) is 0. The SMILES string of the molecule is CC(C)C(CO)N(CCC(=O)Nc1ccccc1Cl)Cc1ccccc1. The standard InChI is InChI=1S/C21H27ClN2O2/c1-16(2)20(15-25)24(14-17-8-4-3-5-9-17)13-12-21(26)23-19-11-7-6-10-18(19)22/h3-11,16,20,25H,12-15H2,1-2H3,(H,23,26). The molecule has 2 N–H and O–H groups in total. The first-order valence-electron chi connectivity index (χ1n) is 8.94. The van der Waals surface area contributed by atoms with Crippen molar-refractivity contribution in [3.05, 3.63) is 65.2 Å². The van der Waals surface area contributed by atoms with Crippen LogP contribution >= 0.6 is 11.6 Å². The van der Waals surface area contributed by atoms with E-state index in [2.05, 4.69) is 36.2 Å². The summed E-state index contributed by atoms with van der Waals surface area (Å²) >= 11 is 6.09. The van der Waals surface area contributed by atoms with Gasteiger partial charge >= 0.3 is 0 Å². The van der Waals surface area contributed by atoms with Gasteiger partial charge in [-0.3, -0.25) is 9.69 Å². The van der Waals surface area contributed by atoms with Crippen LogP contribution in [0.5, 0.6) is 0 Å². The third kappa shape index (κ3) is 6.13. The van der Waals surface area contributed by atoms with Gasteiger partial charge in [-0.2, -0.15) is 0 Å². The Bertz CT molecular complexity index is 691. The van der Waals surface area contributed by atoms with Crippen molar-refractivity contribution in [2.75, 3.05) is 18.5 Å². The molecule has 0 aliphatic heterocycles. The Kier molecular flexibility index (Phi) is 8.10. The van der Waals surface area contributed by atoms with Crippen LogP contribution in [-0.4, -0.2) is 35.1 Å². The zero-order chi connectivity index (χ0) is 18.9. The highest BCUT2D eigenvalue weighted by atomic mass is 35.5. The Hall–Kier alpha value is -1.88. The minimum absolute atomic E-state index is 0.00307. The van der Waals surface area contributed by atoms with E-state index in [9.17, 15) is 9.90 Å². The molecule has 26 heavy (non-hydrogen) atoms. The van der Waals surface area contributed by atoms with E-state index in [1.807, 2.05) is 30.3 Å². The van der Waals surface area contributed by atoms with Crippen LogP contribution in [0.2, 0.25) is 5.02 Å². The molecule has 1 unspecified atom stereocenters. The molecule has 0 spiro atoms. The van der Waals surface area contributed by atoms with Gasteiger partial charge in [-0.25, -0.2) is 0 Å². The number of aliphatic hydroxyl groups excluding tert-OH is 1. The van der Waals surface area contributed by atoms with Crippen LogP contribution in [0.4, 0.5) is 5.69 Å². The summed E-state index contributed by atoms with van der Waals surface area (Å²) in [5.41, 5.74) is 1.79. The Morgan fingerprint density at radius 3 is 2.38 bits per heavy atom. The van der Waals surface area contributed by atoms with E-state index in [4.69, 9.17) is 11.6 Å². The summed E-state index contributed by atoms with van der Waals surface area (Å²) in [4.78, 5) is 14.5. The number of anilines is 1. The predicted octanol–water partition coefficient (Wildman–Crippen LogP) is 4.19. The lowest BCUT2D eigenvalue weighted by molar-refractivity contribution is -0.116. The molecule has 1 amide bonds. The minimum Gasteiger partial charge on any atom is -0.395 e. The van der Waals surface area contributed by atoms with E-state index in [1.54, 1.807) is 12.1 Å². The molecule has 0 saturated heterocycles. The Balaban J connectivity index is 2.01. The van der Waals surface area contributed by atoms with E-state index in [-0.39, 0.29) is 24.5 Å². The fourth-order valence-corrected chi connectivity index (χ4v) is 3.13. The van der Waals surface area contributed by atoms with Crippen molar-refractivity contribution >= 4 is 23.2 Å². The number of rotatable bonds is 9. The molecule has 2 aromatic carbocycles. The van der Waals surface area contributed by atoms with Crippen LogP contribution in [0.3, 0.4) is 0 Å². The lowest BCUT2D eigenvalue weighted by Gasteiger charge is -2.33. The smallest absolute Gasteiger partial charge is 0.225 e. The third-order valence-corrected chi connectivity index (χ3v) is 4.76. The van der Waals surface area contributed by atoms with Crippen molar-refractivity contribution in [2.24, 2.45) is 5.92 Å². The second-order valence-electron chi connectivity index (χ2n) is 6.73. The first kappa shape index (κ1) is 20.4. The van der Waals surface area contributed by atoms with E-state index < -0.39 is 0 Å². The zero-order valence-electron chi connectivity index (χ0n) is 15.4. The molecule has 4 nitrogen and oxygen atoms in total. The van der Waals surface area contributed by atoms with Crippen molar-refractivity contribution in [2.45, 2.75) is 32.9 Å². The largest absolute Gasteiger partial charge is 0.395 e. The number of aliphatic hydroxyl groups is 1. The molecule has 5 heteroatoms. The van der Waals surface area contributed by atoms with Gasteiger partial charge in [0.1, 0.15) is 0 Å². The molecule has 0 heterocycles.